The topological polar surface area (TPSA) is 96.2 Å². The van der Waals surface area contributed by atoms with Gasteiger partial charge in [0, 0.05) is 0 Å². The van der Waals surface area contributed by atoms with Crippen LogP contribution < -0.4 is 0 Å². The summed E-state index contributed by atoms with van der Waals surface area (Å²) in [7, 11) is -4.64. The lowest BCUT2D eigenvalue weighted by Gasteiger charge is -2.19. The second kappa shape index (κ2) is 4.59. The number of aliphatic hydroxyl groups is 1. The van der Waals surface area contributed by atoms with Crippen LogP contribution in [-0.4, -0.2) is 27.3 Å². The van der Waals surface area contributed by atoms with E-state index in [2.05, 4.69) is 15.8 Å². The Labute approximate surface area is 69.7 Å². The Balaban J connectivity index is 4.13. The van der Waals surface area contributed by atoms with E-state index in [0.717, 1.165) is 6.26 Å². The minimum Gasteiger partial charge on any atom is -0.470 e. The molecule has 6 nitrogen and oxygen atoms in total. The first-order chi connectivity index (χ1) is 5.37. The van der Waals surface area contributed by atoms with Crippen LogP contribution in [0.4, 0.5) is 0 Å². The number of hydrogen-bond acceptors (Lipinski definition) is 4. The van der Waals surface area contributed by atoms with E-state index in [9.17, 15) is 4.57 Å². The van der Waals surface area contributed by atoms with E-state index in [1.54, 1.807) is 0 Å². The minimum absolute atomic E-state index is 0.924. The maximum absolute atomic E-state index is 10.3. The third-order valence-corrected chi connectivity index (χ3v) is 1.35. The predicted molar refractivity (Wildman–Crippen MR) is 39.9 cm³/mol. The van der Waals surface area contributed by atoms with Crippen LogP contribution in [0.1, 0.15) is 6.92 Å². The molecule has 0 aromatic rings. The summed E-state index contributed by atoms with van der Waals surface area (Å²) in [6, 6.07) is 0. The fourth-order valence-electron chi connectivity index (χ4n) is 0.457. The van der Waals surface area contributed by atoms with E-state index in [-0.39, 0.29) is 0 Å². The van der Waals surface area contributed by atoms with Gasteiger partial charge in [0.25, 0.3) is 0 Å². The standard InChI is InChI=1S/C5H11O6P/c1-3-10-5(4(2)6)11-12(7,8)9/h3-6H,1H2,2H3,(H2,7,8,9). The summed E-state index contributed by atoms with van der Waals surface area (Å²) in [6.45, 7) is 4.41. The molecule has 3 N–H and O–H groups in total. The molecule has 0 heterocycles. The van der Waals surface area contributed by atoms with Gasteiger partial charge in [-0.3, -0.25) is 0 Å². The van der Waals surface area contributed by atoms with Gasteiger partial charge in [-0.15, -0.1) is 0 Å². The molecule has 0 radical (unpaired) electrons. The van der Waals surface area contributed by atoms with E-state index in [0.29, 0.717) is 0 Å². The molecule has 0 aliphatic carbocycles. The van der Waals surface area contributed by atoms with Crippen molar-refractivity contribution in [3.63, 3.8) is 0 Å². The number of phosphoric acid groups is 1. The SMILES string of the molecule is C=COC(OP(=O)(O)O)C(C)O. The minimum atomic E-state index is -4.64. The van der Waals surface area contributed by atoms with Gasteiger partial charge in [-0.25, -0.2) is 9.09 Å². The van der Waals surface area contributed by atoms with Crippen LogP contribution in [0.5, 0.6) is 0 Å². The number of ether oxygens (including phenoxy) is 1. The van der Waals surface area contributed by atoms with Crippen molar-refractivity contribution in [2.45, 2.75) is 19.3 Å². The molecule has 7 heteroatoms. The zero-order valence-corrected chi connectivity index (χ0v) is 7.35. The number of rotatable bonds is 5. The van der Waals surface area contributed by atoms with Crippen molar-refractivity contribution in [1.82, 2.24) is 0 Å². The third-order valence-electron chi connectivity index (χ3n) is 0.865. The highest BCUT2D eigenvalue weighted by Gasteiger charge is 2.26. The zero-order valence-electron chi connectivity index (χ0n) is 6.45. The molecule has 72 valence electrons. The molecule has 0 saturated carbocycles. The van der Waals surface area contributed by atoms with Crippen LogP contribution in [0.25, 0.3) is 0 Å². The Kier molecular flexibility index (Phi) is 4.44. The highest BCUT2D eigenvalue weighted by Crippen LogP contribution is 2.38. The molecular weight excluding hydrogens is 187 g/mol. The molecule has 2 unspecified atom stereocenters. The lowest BCUT2D eigenvalue weighted by Crippen LogP contribution is -2.26. The van der Waals surface area contributed by atoms with Crippen LogP contribution in [0.2, 0.25) is 0 Å². The van der Waals surface area contributed by atoms with Crippen LogP contribution in [0.15, 0.2) is 12.8 Å². The van der Waals surface area contributed by atoms with Crippen molar-refractivity contribution in [2.75, 3.05) is 0 Å². The summed E-state index contributed by atoms with van der Waals surface area (Å²) < 4.78 is 18.8. The molecule has 0 rings (SSSR count). The van der Waals surface area contributed by atoms with Crippen molar-refractivity contribution >= 4 is 7.82 Å². The molecule has 0 aromatic carbocycles. The smallest absolute Gasteiger partial charge is 0.470 e. The molecular formula is C5H11O6P. The van der Waals surface area contributed by atoms with E-state index in [1.807, 2.05) is 0 Å². The summed E-state index contributed by atoms with van der Waals surface area (Å²) >= 11 is 0. The fourth-order valence-corrected chi connectivity index (χ4v) is 0.953. The van der Waals surface area contributed by atoms with Gasteiger partial charge < -0.3 is 19.6 Å². The molecule has 0 aromatic heterocycles. The van der Waals surface area contributed by atoms with Crippen molar-refractivity contribution in [3.8, 4) is 0 Å². The van der Waals surface area contributed by atoms with E-state index >= 15 is 0 Å². The highest BCUT2D eigenvalue weighted by molar-refractivity contribution is 7.46. The largest absolute Gasteiger partial charge is 0.472 e. The normalized spacial score (nSPS) is 16.7. The molecule has 0 bridgehead atoms. The van der Waals surface area contributed by atoms with Gasteiger partial charge in [0.2, 0.25) is 6.29 Å². The second-order valence-electron chi connectivity index (χ2n) is 2.01. The number of aliphatic hydroxyl groups excluding tert-OH is 1. The molecule has 0 amide bonds. The Morgan fingerprint density at radius 3 is 2.33 bits per heavy atom. The Morgan fingerprint density at radius 1 is 1.58 bits per heavy atom. The summed E-state index contributed by atoms with van der Waals surface area (Å²) in [6.07, 6.45) is -1.63. The van der Waals surface area contributed by atoms with Gasteiger partial charge in [0.1, 0.15) is 6.10 Å². The first-order valence-electron chi connectivity index (χ1n) is 3.05. The van der Waals surface area contributed by atoms with E-state index < -0.39 is 20.2 Å². The van der Waals surface area contributed by atoms with Crippen molar-refractivity contribution < 1.29 is 28.7 Å². The summed E-state index contributed by atoms with van der Waals surface area (Å²) in [4.78, 5) is 16.7. The lowest BCUT2D eigenvalue weighted by atomic mass is 10.4. The monoisotopic (exact) mass is 198 g/mol. The molecule has 0 aliphatic heterocycles. The predicted octanol–water partition coefficient (Wildman–Crippen LogP) is -0.0373. The van der Waals surface area contributed by atoms with Crippen molar-refractivity contribution in [3.05, 3.63) is 12.8 Å². The van der Waals surface area contributed by atoms with Gasteiger partial charge in [-0.1, -0.05) is 6.58 Å². The Morgan fingerprint density at radius 2 is 2.08 bits per heavy atom. The summed E-state index contributed by atoms with van der Waals surface area (Å²) in [5.41, 5.74) is 0. The second-order valence-corrected chi connectivity index (χ2v) is 3.20. The Hall–Kier alpha value is -0.390. The summed E-state index contributed by atoms with van der Waals surface area (Å²) in [5.74, 6) is 0. The van der Waals surface area contributed by atoms with Gasteiger partial charge in [0.15, 0.2) is 0 Å². The molecule has 0 saturated heterocycles. The number of hydrogen-bond donors (Lipinski definition) is 3. The van der Waals surface area contributed by atoms with Gasteiger partial charge in [-0.05, 0) is 6.92 Å². The summed E-state index contributed by atoms with van der Waals surface area (Å²) in [5, 5.41) is 8.87. The maximum atomic E-state index is 10.3. The van der Waals surface area contributed by atoms with Gasteiger partial charge in [-0.2, -0.15) is 0 Å². The fraction of sp³-hybridized carbons (Fsp3) is 0.600. The molecule has 0 fully saturated rings. The van der Waals surface area contributed by atoms with Crippen LogP contribution >= 0.6 is 7.82 Å². The van der Waals surface area contributed by atoms with E-state index in [4.69, 9.17) is 14.9 Å². The van der Waals surface area contributed by atoms with Gasteiger partial charge >= 0.3 is 7.82 Å². The molecule has 2 atom stereocenters. The average molecular weight is 198 g/mol. The Bertz CT molecular complexity index is 184. The maximum Gasteiger partial charge on any atom is 0.472 e. The molecule has 0 spiro atoms. The quantitative estimate of drug-likeness (QED) is 0.326. The van der Waals surface area contributed by atoms with Crippen molar-refractivity contribution in [1.29, 1.82) is 0 Å². The first kappa shape index (κ1) is 11.6. The van der Waals surface area contributed by atoms with E-state index in [1.165, 1.54) is 6.92 Å². The third kappa shape index (κ3) is 5.29. The average Bonchev–Trinajstić information content (AvgIpc) is 1.83. The first-order valence-corrected chi connectivity index (χ1v) is 4.58. The zero-order chi connectivity index (χ0) is 9.78. The number of phosphoric ester groups is 1. The lowest BCUT2D eigenvalue weighted by molar-refractivity contribution is -0.114. The van der Waals surface area contributed by atoms with Crippen LogP contribution in [-0.2, 0) is 13.8 Å². The van der Waals surface area contributed by atoms with Crippen LogP contribution in [0, 0.1) is 0 Å². The van der Waals surface area contributed by atoms with Crippen molar-refractivity contribution in [2.24, 2.45) is 0 Å². The highest BCUT2D eigenvalue weighted by atomic mass is 31.2. The molecule has 12 heavy (non-hydrogen) atoms. The van der Waals surface area contributed by atoms with Crippen LogP contribution in [0.3, 0.4) is 0 Å². The van der Waals surface area contributed by atoms with Gasteiger partial charge in [0.05, 0.1) is 6.26 Å². The molecule has 0 aliphatic rings.